The second-order valence-corrected chi connectivity index (χ2v) is 6.74. The molecule has 0 saturated carbocycles. The molecule has 0 unspecified atom stereocenters. The standard InChI is InChI=1S/C18H16N2O3S/c1-11-7-8-12-16(9-11)24-18(20(12)2)19-17(21)15-10-22-13-5-3-4-6-14(13)23-15/h3-9,15H,10H2,1-2H3/t15-/m1/s1. The molecule has 2 aromatic carbocycles. The van der Waals surface area contributed by atoms with E-state index in [0.29, 0.717) is 16.3 Å². The van der Waals surface area contributed by atoms with Crippen LogP contribution in [0.5, 0.6) is 11.5 Å². The van der Waals surface area contributed by atoms with Gasteiger partial charge in [0, 0.05) is 7.05 Å². The van der Waals surface area contributed by atoms with Crippen molar-refractivity contribution in [3.05, 3.63) is 52.8 Å². The van der Waals surface area contributed by atoms with Gasteiger partial charge in [-0.1, -0.05) is 29.5 Å². The molecule has 0 saturated heterocycles. The highest BCUT2D eigenvalue weighted by molar-refractivity contribution is 7.16. The molecule has 2 heterocycles. The Bertz CT molecular complexity index is 1000. The molecule has 0 fully saturated rings. The van der Waals surface area contributed by atoms with Crippen molar-refractivity contribution in [2.24, 2.45) is 12.0 Å². The summed E-state index contributed by atoms with van der Waals surface area (Å²) in [6.45, 7) is 2.22. The predicted octanol–water partition coefficient (Wildman–Crippen LogP) is 2.82. The first kappa shape index (κ1) is 15.0. The molecule has 0 N–H and O–H groups in total. The molecular formula is C18H16N2O3S. The zero-order chi connectivity index (χ0) is 16.7. The number of rotatable bonds is 1. The van der Waals surface area contributed by atoms with Gasteiger partial charge < -0.3 is 14.0 Å². The summed E-state index contributed by atoms with van der Waals surface area (Å²) in [5, 5.41) is 0. The van der Waals surface area contributed by atoms with Crippen LogP contribution in [0.4, 0.5) is 0 Å². The third kappa shape index (κ3) is 2.59. The highest BCUT2D eigenvalue weighted by Gasteiger charge is 2.27. The first-order valence-electron chi connectivity index (χ1n) is 7.65. The maximum Gasteiger partial charge on any atom is 0.292 e. The summed E-state index contributed by atoms with van der Waals surface area (Å²) >= 11 is 1.50. The van der Waals surface area contributed by atoms with E-state index in [-0.39, 0.29) is 12.5 Å². The van der Waals surface area contributed by atoms with Crippen LogP contribution in [0, 0.1) is 6.92 Å². The molecule has 4 rings (SSSR count). The number of ether oxygens (including phenoxy) is 2. The predicted molar refractivity (Wildman–Crippen MR) is 92.5 cm³/mol. The van der Waals surface area contributed by atoms with Gasteiger partial charge in [-0.25, -0.2) is 0 Å². The number of hydrogen-bond acceptors (Lipinski definition) is 4. The largest absolute Gasteiger partial charge is 0.485 e. The maximum absolute atomic E-state index is 12.5. The molecule has 1 aromatic heterocycles. The maximum atomic E-state index is 12.5. The molecule has 1 atom stereocenters. The summed E-state index contributed by atoms with van der Waals surface area (Å²) in [5.41, 5.74) is 2.24. The van der Waals surface area contributed by atoms with Gasteiger partial charge in [-0.3, -0.25) is 4.79 Å². The van der Waals surface area contributed by atoms with Crippen LogP contribution in [0.15, 0.2) is 47.5 Å². The molecule has 0 spiro atoms. The number of benzene rings is 2. The van der Waals surface area contributed by atoms with Crippen LogP contribution >= 0.6 is 11.3 Å². The Morgan fingerprint density at radius 1 is 1.25 bits per heavy atom. The zero-order valence-corrected chi connectivity index (χ0v) is 14.2. The molecule has 24 heavy (non-hydrogen) atoms. The van der Waals surface area contributed by atoms with E-state index in [9.17, 15) is 4.79 Å². The van der Waals surface area contributed by atoms with Gasteiger partial charge in [0.05, 0.1) is 10.2 Å². The lowest BCUT2D eigenvalue weighted by Gasteiger charge is -2.23. The normalized spacial score (nSPS) is 17.2. The van der Waals surface area contributed by atoms with Crippen LogP contribution in [-0.2, 0) is 11.8 Å². The molecule has 1 aliphatic heterocycles. The van der Waals surface area contributed by atoms with Crippen molar-refractivity contribution in [3.63, 3.8) is 0 Å². The average Bonchev–Trinajstić information content (AvgIpc) is 2.89. The third-order valence-corrected chi connectivity index (χ3v) is 5.05. The number of amides is 1. The number of hydrogen-bond donors (Lipinski definition) is 0. The lowest BCUT2D eigenvalue weighted by molar-refractivity contribution is -0.127. The molecule has 5 nitrogen and oxygen atoms in total. The Labute approximate surface area is 142 Å². The minimum absolute atomic E-state index is 0.174. The Kier molecular flexibility index (Phi) is 3.61. The minimum Gasteiger partial charge on any atom is -0.485 e. The van der Waals surface area contributed by atoms with Gasteiger partial charge in [-0.15, -0.1) is 0 Å². The summed E-state index contributed by atoms with van der Waals surface area (Å²) in [6, 6.07) is 13.5. The van der Waals surface area contributed by atoms with Crippen LogP contribution < -0.4 is 14.3 Å². The molecule has 6 heteroatoms. The average molecular weight is 340 g/mol. The lowest BCUT2D eigenvalue weighted by atomic mass is 10.2. The Morgan fingerprint density at radius 3 is 2.88 bits per heavy atom. The minimum atomic E-state index is -0.716. The quantitative estimate of drug-likeness (QED) is 0.684. The van der Waals surface area contributed by atoms with Crippen molar-refractivity contribution in [1.82, 2.24) is 4.57 Å². The summed E-state index contributed by atoms with van der Waals surface area (Å²) in [6.07, 6.45) is -0.716. The van der Waals surface area contributed by atoms with Crippen molar-refractivity contribution < 1.29 is 14.3 Å². The Balaban J connectivity index is 1.67. The highest BCUT2D eigenvalue weighted by Crippen LogP contribution is 2.31. The summed E-state index contributed by atoms with van der Waals surface area (Å²) in [5.74, 6) is 0.904. The second kappa shape index (κ2) is 5.79. The zero-order valence-electron chi connectivity index (χ0n) is 13.4. The molecule has 3 aromatic rings. The van der Waals surface area contributed by atoms with Crippen molar-refractivity contribution in [2.45, 2.75) is 13.0 Å². The summed E-state index contributed by atoms with van der Waals surface area (Å²) < 4.78 is 14.3. The highest BCUT2D eigenvalue weighted by atomic mass is 32.1. The Hall–Kier alpha value is -2.60. The van der Waals surface area contributed by atoms with E-state index in [1.807, 2.05) is 42.8 Å². The fraction of sp³-hybridized carbons (Fsp3) is 0.222. The molecule has 1 aliphatic rings. The number of fused-ring (bicyclic) bond motifs is 2. The van der Waals surface area contributed by atoms with Crippen LogP contribution in [0.1, 0.15) is 5.56 Å². The van der Waals surface area contributed by atoms with Gasteiger partial charge in [0.2, 0.25) is 6.10 Å². The van der Waals surface area contributed by atoms with E-state index in [1.165, 1.54) is 16.9 Å². The number of thiazole rings is 1. The van der Waals surface area contributed by atoms with E-state index < -0.39 is 6.10 Å². The second-order valence-electron chi connectivity index (χ2n) is 5.73. The number of carbonyl (C=O) groups is 1. The molecular weight excluding hydrogens is 324 g/mol. The van der Waals surface area contributed by atoms with Gasteiger partial charge in [0.1, 0.15) is 6.61 Å². The number of nitrogens with zero attached hydrogens (tertiary/aromatic N) is 2. The van der Waals surface area contributed by atoms with E-state index >= 15 is 0 Å². The van der Waals surface area contributed by atoms with Crippen molar-refractivity contribution in [1.29, 1.82) is 0 Å². The third-order valence-electron chi connectivity index (χ3n) is 3.95. The van der Waals surface area contributed by atoms with Gasteiger partial charge in [0.25, 0.3) is 5.91 Å². The van der Waals surface area contributed by atoms with Crippen LogP contribution in [0.2, 0.25) is 0 Å². The summed E-state index contributed by atoms with van der Waals surface area (Å²) in [4.78, 5) is 17.4. The van der Waals surface area contributed by atoms with Crippen LogP contribution in [0.3, 0.4) is 0 Å². The number of aryl methyl sites for hydroxylation is 2. The van der Waals surface area contributed by atoms with Crippen LogP contribution in [0.25, 0.3) is 10.2 Å². The topological polar surface area (TPSA) is 52.8 Å². The van der Waals surface area contributed by atoms with Crippen molar-refractivity contribution in [2.75, 3.05) is 6.61 Å². The molecule has 0 bridgehead atoms. The monoisotopic (exact) mass is 340 g/mol. The van der Waals surface area contributed by atoms with Gasteiger partial charge in [0.15, 0.2) is 16.3 Å². The molecule has 0 radical (unpaired) electrons. The fourth-order valence-electron chi connectivity index (χ4n) is 2.66. The molecule has 1 amide bonds. The van der Waals surface area contributed by atoms with E-state index in [1.54, 1.807) is 6.07 Å². The van der Waals surface area contributed by atoms with Gasteiger partial charge >= 0.3 is 0 Å². The number of para-hydroxylation sites is 2. The lowest BCUT2D eigenvalue weighted by Crippen LogP contribution is -2.36. The number of aromatic nitrogens is 1. The van der Waals surface area contributed by atoms with E-state index in [0.717, 1.165) is 10.2 Å². The SMILES string of the molecule is Cc1ccc2c(c1)sc(=NC(=O)[C@H]1COc3ccccc3O1)n2C. The molecule has 0 aliphatic carbocycles. The van der Waals surface area contributed by atoms with Gasteiger partial charge in [-0.2, -0.15) is 4.99 Å². The smallest absolute Gasteiger partial charge is 0.292 e. The van der Waals surface area contributed by atoms with Crippen molar-refractivity contribution in [3.8, 4) is 11.5 Å². The van der Waals surface area contributed by atoms with E-state index in [2.05, 4.69) is 17.1 Å². The molecule has 122 valence electrons. The number of carbonyl (C=O) groups excluding carboxylic acids is 1. The van der Waals surface area contributed by atoms with Crippen molar-refractivity contribution >= 4 is 27.5 Å². The van der Waals surface area contributed by atoms with Crippen LogP contribution in [-0.4, -0.2) is 23.2 Å². The first-order valence-corrected chi connectivity index (χ1v) is 8.47. The summed E-state index contributed by atoms with van der Waals surface area (Å²) in [7, 11) is 1.91. The van der Waals surface area contributed by atoms with E-state index in [4.69, 9.17) is 9.47 Å². The Morgan fingerprint density at radius 2 is 2.04 bits per heavy atom. The fourth-order valence-corrected chi connectivity index (χ4v) is 3.78. The first-order chi connectivity index (χ1) is 11.6. The van der Waals surface area contributed by atoms with Gasteiger partial charge in [-0.05, 0) is 36.8 Å².